The lowest BCUT2D eigenvalue weighted by Gasteiger charge is -2.08. The van der Waals surface area contributed by atoms with Crippen LogP contribution in [0.4, 0.5) is 5.69 Å². The van der Waals surface area contributed by atoms with Gasteiger partial charge in [0.05, 0.1) is 10.6 Å². The maximum atomic E-state index is 12.3. The van der Waals surface area contributed by atoms with Crippen molar-refractivity contribution in [2.45, 2.75) is 23.6 Å². The second kappa shape index (κ2) is 8.12. The van der Waals surface area contributed by atoms with E-state index in [1.54, 1.807) is 11.8 Å². The fraction of sp³-hybridized carbons (Fsp3) is 0.100. The van der Waals surface area contributed by atoms with Crippen LogP contribution < -0.4 is 5.32 Å². The average molecular weight is 403 g/mol. The van der Waals surface area contributed by atoms with Gasteiger partial charge in [-0.3, -0.25) is 4.79 Å². The summed E-state index contributed by atoms with van der Waals surface area (Å²) in [5, 5.41) is 3.25. The van der Waals surface area contributed by atoms with E-state index in [-0.39, 0.29) is 16.1 Å². The zero-order valence-corrected chi connectivity index (χ0v) is 16.5. The lowest BCUT2D eigenvalue weighted by molar-refractivity contribution is 0.102. The molecule has 0 spiro atoms. The first kappa shape index (κ1) is 18.8. The van der Waals surface area contributed by atoms with E-state index < -0.39 is 0 Å². The lowest BCUT2D eigenvalue weighted by atomic mass is 10.1. The van der Waals surface area contributed by atoms with Crippen molar-refractivity contribution in [3.8, 4) is 0 Å². The average Bonchev–Trinajstić information content (AvgIpc) is 2.62. The van der Waals surface area contributed by atoms with Gasteiger partial charge in [0.2, 0.25) is 0 Å². The zero-order chi connectivity index (χ0) is 18.7. The topological polar surface area (TPSA) is 42.0 Å². The van der Waals surface area contributed by atoms with Gasteiger partial charge in [-0.2, -0.15) is 0 Å². The fourth-order valence-corrected chi connectivity index (χ4v) is 3.45. The highest BCUT2D eigenvalue weighted by molar-refractivity contribution is 7.99. The van der Waals surface area contributed by atoms with Crippen LogP contribution in [0.15, 0.2) is 64.5 Å². The number of carbonyl (C=O) groups is 1. The van der Waals surface area contributed by atoms with Crippen LogP contribution >= 0.6 is 35.0 Å². The van der Waals surface area contributed by atoms with Crippen LogP contribution in [0.3, 0.4) is 0 Å². The van der Waals surface area contributed by atoms with E-state index in [1.165, 1.54) is 28.3 Å². The molecule has 3 aromatic rings. The van der Waals surface area contributed by atoms with Crippen LogP contribution in [0, 0.1) is 13.8 Å². The summed E-state index contributed by atoms with van der Waals surface area (Å²) >= 11 is 13.4. The van der Waals surface area contributed by atoms with Crippen LogP contribution in [0.5, 0.6) is 0 Å². The Kier molecular flexibility index (Phi) is 5.87. The Morgan fingerprint density at radius 1 is 0.962 bits per heavy atom. The highest BCUT2D eigenvalue weighted by Gasteiger charge is 2.09. The van der Waals surface area contributed by atoms with E-state index in [2.05, 4.69) is 42.3 Å². The van der Waals surface area contributed by atoms with Crippen LogP contribution in [-0.4, -0.2) is 10.9 Å². The predicted molar refractivity (Wildman–Crippen MR) is 109 cm³/mol. The molecule has 26 heavy (non-hydrogen) atoms. The number of hydrogen-bond donors (Lipinski definition) is 1. The number of rotatable bonds is 4. The minimum Gasteiger partial charge on any atom is -0.322 e. The quantitative estimate of drug-likeness (QED) is 0.512. The van der Waals surface area contributed by atoms with E-state index in [0.717, 1.165) is 4.90 Å². The Bertz CT molecular complexity index is 959. The molecule has 6 heteroatoms. The minimum absolute atomic E-state index is 0.177. The summed E-state index contributed by atoms with van der Waals surface area (Å²) < 4.78 is 0. The summed E-state index contributed by atoms with van der Waals surface area (Å²) in [6.07, 6.45) is 1.40. The molecule has 0 atom stereocenters. The molecule has 0 unspecified atom stereocenters. The Balaban J connectivity index is 1.68. The van der Waals surface area contributed by atoms with Gasteiger partial charge in [-0.1, -0.05) is 41.0 Å². The van der Waals surface area contributed by atoms with E-state index >= 15 is 0 Å². The van der Waals surface area contributed by atoms with Gasteiger partial charge < -0.3 is 5.32 Å². The molecule has 0 saturated heterocycles. The van der Waals surface area contributed by atoms with Gasteiger partial charge in [-0.15, -0.1) is 0 Å². The van der Waals surface area contributed by atoms with Crippen LogP contribution in [0.25, 0.3) is 0 Å². The third-order valence-corrected chi connectivity index (χ3v) is 5.57. The van der Waals surface area contributed by atoms with E-state index in [1.807, 2.05) is 24.3 Å². The van der Waals surface area contributed by atoms with Crippen molar-refractivity contribution < 1.29 is 4.79 Å². The molecule has 0 radical (unpaired) electrons. The molecule has 1 heterocycles. The number of benzene rings is 2. The molecule has 1 N–H and O–H groups in total. The molecular weight excluding hydrogens is 387 g/mol. The number of aryl methyl sites for hydroxylation is 2. The molecule has 2 aromatic carbocycles. The molecule has 0 fully saturated rings. The maximum absolute atomic E-state index is 12.3. The van der Waals surface area contributed by atoms with Gasteiger partial charge in [0.25, 0.3) is 5.91 Å². The minimum atomic E-state index is -0.286. The van der Waals surface area contributed by atoms with Gasteiger partial charge in [-0.05, 0) is 67.4 Å². The highest BCUT2D eigenvalue weighted by Crippen LogP contribution is 2.30. The maximum Gasteiger partial charge on any atom is 0.257 e. The summed E-state index contributed by atoms with van der Waals surface area (Å²) in [5.74, 6) is -0.286. The van der Waals surface area contributed by atoms with Gasteiger partial charge in [0.15, 0.2) is 0 Å². The van der Waals surface area contributed by atoms with Crippen LogP contribution in [-0.2, 0) is 0 Å². The smallest absolute Gasteiger partial charge is 0.257 e. The number of hydrogen-bond acceptors (Lipinski definition) is 3. The number of nitrogens with one attached hydrogen (secondary N) is 1. The molecule has 1 aromatic heterocycles. The second-order valence-corrected chi connectivity index (χ2v) is 7.74. The van der Waals surface area contributed by atoms with E-state index in [9.17, 15) is 4.79 Å². The summed E-state index contributed by atoms with van der Waals surface area (Å²) in [5.41, 5.74) is 3.61. The molecule has 3 rings (SSSR count). The van der Waals surface area contributed by atoms with Crippen molar-refractivity contribution in [2.24, 2.45) is 0 Å². The molecular formula is C20H16Cl2N2OS. The van der Waals surface area contributed by atoms with Crippen LogP contribution in [0.2, 0.25) is 10.2 Å². The molecule has 132 valence electrons. The normalized spacial score (nSPS) is 10.6. The number of halogens is 2. The van der Waals surface area contributed by atoms with Crippen molar-refractivity contribution in [1.82, 2.24) is 4.98 Å². The van der Waals surface area contributed by atoms with Crippen molar-refractivity contribution in [1.29, 1.82) is 0 Å². The Hall–Kier alpha value is -2.01. The molecule has 0 saturated carbocycles. The molecule has 1 amide bonds. The first-order valence-electron chi connectivity index (χ1n) is 7.90. The molecule has 0 bridgehead atoms. The van der Waals surface area contributed by atoms with Crippen LogP contribution in [0.1, 0.15) is 21.5 Å². The molecule has 0 aliphatic carbocycles. The SMILES string of the molecule is Cc1ccc(Sc2ccc(NC(=O)c3cnc(Cl)c(Cl)c3)cc2)cc1C. The number of carbonyl (C=O) groups excluding carboxylic acids is 1. The lowest BCUT2D eigenvalue weighted by Crippen LogP contribution is -2.12. The summed E-state index contributed by atoms with van der Waals surface area (Å²) in [6, 6.07) is 15.6. The largest absolute Gasteiger partial charge is 0.322 e. The predicted octanol–water partition coefficient (Wildman–Crippen LogP) is 6.41. The number of pyridine rings is 1. The van der Waals surface area contributed by atoms with Gasteiger partial charge in [0, 0.05) is 21.7 Å². The summed E-state index contributed by atoms with van der Waals surface area (Å²) in [7, 11) is 0. The van der Waals surface area contributed by atoms with Gasteiger partial charge >= 0.3 is 0 Å². The number of nitrogens with zero attached hydrogens (tertiary/aromatic N) is 1. The molecule has 3 nitrogen and oxygen atoms in total. The van der Waals surface area contributed by atoms with E-state index in [4.69, 9.17) is 23.2 Å². The Morgan fingerprint density at radius 2 is 1.65 bits per heavy atom. The van der Waals surface area contributed by atoms with Crippen molar-refractivity contribution in [3.05, 3.63) is 81.6 Å². The second-order valence-electron chi connectivity index (χ2n) is 5.82. The first-order valence-corrected chi connectivity index (χ1v) is 9.47. The molecule has 0 aliphatic heterocycles. The highest BCUT2D eigenvalue weighted by atomic mass is 35.5. The Morgan fingerprint density at radius 3 is 2.31 bits per heavy atom. The molecule has 0 aliphatic rings. The number of amides is 1. The van der Waals surface area contributed by atoms with Gasteiger partial charge in [-0.25, -0.2) is 4.98 Å². The van der Waals surface area contributed by atoms with Crippen molar-refractivity contribution in [2.75, 3.05) is 5.32 Å². The first-order chi connectivity index (χ1) is 12.4. The Labute approximate surface area is 166 Å². The van der Waals surface area contributed by atoms with Crippen molar-refractivity contribution >= 4 is 46.6 Å². The monoisotopic (exact) mass is 402 g/mol. The summed E-state index contributed by atoms with van der Waals surface area (Å²) in [6.45, 7) is 4.21. The standard InChI is InChI=1S/C20H16Cl2N2OS/c1-12-3-6-17(9-13(12)2)26-16-7-4-15(5-8-16)24-20(25)14-10-18(21)19(22)23-11-14/h3-11H,1-2H3,(H,24,25). The summed E-state index contributed by atoms with van der Waals surface area (Å²) in [4.78, 5) is 18.4. The van der Waals surface area contributed by atoms with E-state index in [0.29, 0.717) is 11.3 Å². The fourth-order valence-electron chi connectivity index (χ4n) is 2.27. The third-order valence-electron chi connectivity index (χ3n) is 3.88. The third kappa shape index (κ3) is 4.58. The number of anilines is 1. The van der Waals surface area contributed by atoms with Crippen molar-refractivity contribution in [3.63, 3.8) is 0 Å². The van der Waals surface area contributed by atoms with Gasteiger partial charge in [0.1, 0.15) is 5.15 Å². The zero-order valence-electron chi connectivity index (χ0n) is 14.2. The number of aromatic nitrogens is 1.